The van der Waals surface area contributed by atoms with Gasteiger partial charge in [-0.1, -0.05) is 23.2 Å². The minimum absolute atomic E-state index is 0.0843. The van der Waals surface area contributed by atoms with E-state index in [1.807, 2.05) is 11.0 Å². The van der Waals surface area contributed by atoms with Gasteiger partial charge < -0.3 is 15.1 Å². The number of halogens is 2. The van der Waals surface area contributed by atoms with Gasteiger partial charge in [-0.25, -0.2) is 0 Å². The molecule has 3 rings (SSSR count). The zero-order chi connectivity index (χ0) is 18.7. The van der Waals surface area contributed by atoms with Crippen molar-refractivity contribution in [2.24, 2.45) is 0 Å². The number of pyridine rings is 1. The third-order valence-corrected chi connectivity index (χ3v) is 4.98. The molecule has 1 saturated heterocycles. The fourth-order valence-corrected chi connectivity index (χ4v) is 3.09. The lowest BCUT2D eigenvalue weighted by atomic mass is 10.2. The highest BCUT2D eigenvalue weighted by Crippen LogP contribution is 2.25. The molecule has 0 aliphatic carbocycles. The highest BCUT2D eigenvalue weighted by atomic mass is 35.5. The van der Waals surface area contributed by atoms with Gasteiger partial charge in [-0.15, -0.1) is 0 Å². The Kier molecular flexibility index (Phi) is 5.64. The van der Waals surface area contributed by atoms with Crippen LogP contribution < -0.4 is 10.2 Å². The van der Waals surface area contributed by atoms with E-state index in [4.69, 9.17) is 23.2 Å². The van der Waals surface area contributed by atoms with Crippen molar-refractivity contribution in [2.45, 2.75) is 6.92 Å². The molecule has 1 N–H and O–H groups in total. The van der Waals surface area contributed by atoms with Crippen molar-refractivity contribution < 1.29 is 9.59 Å². The molecule has 6 nitrogen and oxygen atoms in total. The van der Waals surface area contributed by atoms with Gasteiger partial charge in [0, 0.05) is 50.7 Å². The third-order valence-electron chi connectivity index (χ3n) is 4.24. The Morgan fingerprint density at radius 1 is 1.04 bits per heavy atom. The normalized spacial score (nSPS) is 14.3. The summed E-state index contributed by atoms with van der Waals surface area (Å²) in [5.41, 5.74) is 1.76. The molecule has 2 aromatic rings. The van der Waals surface area contributed by atoms with Crippen molar-refractivity contribution in [2.75, 3.05) is 36.4 Å². The lowest BCUT2D eigenvalue weighted by Gasteiger charge is -2.35. The summed E-state index contributed by atoms with van der Waals surface area (Å²) in [6.45, 7) is 4.35. The van der Waals surface area contributed by atoms with Gasteiger partial charge in [-0.3, -0.25) is 14.6 Å². The summed E-state index contributed by atoms with van der Waals surface area (Å²) in [7, 11) is 0. The van der Waals surface area contributed by atoms with E-state index in [0.29, 0.717) is 34.5 Å². The van der Waals surface area contributed by atoms with Gasteiger partial charge in [0.15, 0.2) is 0 Å². The van der Waals surface area contributed by atoms with Gasteiger partial charge in [0.1, 0.15) is 5.69 Å². The van der Waals surface area contributed by atoms with Crippen molar-refractivity contribution in [1.29, 1.82) is 0 Å². The van der Waals surface area contributed by atoms with Crippen LogP contribution in [0.4, 0.5) is 11.4 Å². The van der Waals surface area contributed by atoms with Crippen molar-refractivity contribution in [1.82, 2.24) is 9.88 Å². The Morgan fingerprint density at radius 2 is 1.77 bits per heavy atom. The van der Waals surface area contributed by atoms with Crippen LogP contribution in [0.5, 0.6) is 0 Å². The summed E-state index contributed by atoms with van der Waals surface area (Å²) in [4.78, 5) is 32.0. The first kappa shape index (κ1) is 18.5. The first-order valence-corrected chi connectivity index (χ1v) is 8.92. The molecule has 1 aliphatic rings. The average Bonchev–Trinajstić information content (AvgIpc) is 2.65. The molecular weight excluding hydrogens is 375 g/mol. The van der Waals surface area contributed by atoms with Gasteiger partial charge in [0.05, 0.1) is 10.0 Å². The fraction of sp³-hybridized carbons (Fsp3) is 0.278. The monoisotopic (exact) mass is 392 g/mol. The Balaban J connectivity index is 1.69. The van der Waals surface area contributed by atoms with E-state index in [-0.39, 0.29) is 11.8 Å². The van der Waals surface area contributed by atoms with Gasteiger partial charge >= 0.3 is 0 Å². The molecule has 0 bridgehead atoms. The highest BCUT2D eigenvalue weighted by molar-refractivity contribution is 6.42. The third kappa shape index (κ3) is 4.26. The number of anilines is 2. The minimum Gasteiger partial charge on any atom is -0.368 e. The van der Waals surface area contributed by atoms with Gasteiger partial charge in [-0.05, 0) is 30.3 Å². The molecule has 2 amide bonds. The maximum atomic E-state index is 12.5. The molecule has 0 unspecified atom stereocenters. The van der Waals surface area contributed by atoms with E-state index in [0.717, 1.165) is 18.8 Å². The molecule has 8 heteroatoms. The number of nitrogens with one attached hydrogen (secondary N) is 1. The quantitative estimate of drug-likeness (QED) is 0.869. The molecule has 1 aromatic carbocycles. The maximum Gasteiger partial charge on any atom is 0.274 e. The van der Waals surface area contributed by atoms with E-state index in [2.05, 4.69) is 15.2 Å². The summed E-state index contributed by atoms with van der Waals surface area (Å²) in [5, 5.41) is 3.56. The second-order valence-electron chi connectivity index (χ2n) is 5.98. The van der Waals surface area contributed by atoms with Crippen LogP contribution in [-0.4, -0.2) is 47.9 Å². The van der Waals surface area contributed by atoms with Gasteiger partial charge in [-0.2, -0.15) is 0 Å². The van der Waals surface area contributed by atoms with Gasteiger partial charge in [0.2, 0.25) is 5.91 Å². The van der Waals surface area contributed by atoms with Crippen molar-refractivity contribution in [3.63, 3.8) is 0 Å². The summed E-state index contributed by atoms with van der Waals surface area (Å²) in [6.07, 6.45) is 1.61. The fourth-order valence-electron chi connectivity index (χ4n) is 2.79. The van der Waals surface area contributed by atoms with Crippen LogP contribution in [0.1, 0.15) is 17.4 Å². The molecule has 2 heterocycles. The number of benzene rings is 1. The molecule has 1 aliphatic heterocycles. The number of rotatable bonds is 3. The Morgan fingerprint density at radius 3 is 2.42 bits per heavy atom. The lowest BCUT2D eigenvalue weighted by Crippen LogP contribution is -2.48. The van der Waals surface area contributed by atoms with Crippen molar-refractivity contribution in [3.8, 4) is 0 Å². The number of aromatic nitrogens is 1. The predicted octanol–water partition coefficient (Wildman–Crippen LogP) is 3.31. The van der Waals surface area contributed by atoms with Crippen molar-refractivity contribution in [3.05, 3.63) is 52.3 Å². The van der Waals surface area contributed by atoms with Crippen molar-refractivity contribution >= 4 is 46.4 Å². The maximum absolute atomic E-state index is 12.5. The number of carbonyl (C=O) groups excluding carboxylic acids is 2. The first-order valence-electron chi connectivity index (χ1n) is 8.17. The van der Waals surface area contributed by atoms with E-state index >= 15 is 0 Å². The summed E-state index contributed by atoms with van der Waals surface area (Å²) >= 11 is 11.9. The van der Waals surface area contributed by atoms with E-state index in [1.165, 1.54) is 0 Å². The number of amides is 2. The SMILES string of the molecule is CC(=O)N1CCN(c2ccnc(C(=O)Nc3ccc(Cl)c(Cl)c3)c2)CC1. The summed E-state index contributed by atoms with van der Waals surface area (Å²) in [6, 6.07) is 8.50. The standard InChI is InChI=1S/C18H18Cl2N4O2/c1-12(25)23-6-8-24(9-7-23)14-4-5-21-17(11-14)18(26)22-13-2-3-15(19)16(20)10-13/h2-5,10-11H,6-9H2,1H3,(H,22,26). The minimum atomic E-state index is -0.326. The van der Waals surface area contributed by atoms with Gasteiger partial charge in [0.25, 0.3) is 5.91 Å². The molecule has 136 valence electrons. The molecule has 1 fully saturated rings. The first-order chi connectivity index (χ1) is 12.4. The smallest absolute Gasteiger partial charge is 0.274 e. The zero-order valence-corrected chi connectivity index (χ0v) is 15.7. The molecule has 0 spiro atoms. The molecule has 0 saturated carbocycles. The molecule has 0 radical (unpaired) electrons. The number of hydrogen-bond acceptors (Lipinski definition) is 4. The molecular formula is C18H18Cl2N4O2. The Bertz CT molecular complexity index is 836. The Labute approximate surface area is 161 Å². The van der Waals surface area contributed by atoms with Crippen LogP contribution in [0.25, 0.3) is 0 Å². The van der Waals surface area contributed by atoms with Crippen LogP contribution in [-0.2, 0) is 4.79 Å². The molecule has 1 aromatic heterocycles. The van der Waals surface area contributed by atoms with E-state index in [9.17, 15) is 9.59 Å². The molecule has 26 heavy (non-hydrogen) atoms. The number of carbonyl (C=O) groups is 2. The highest BCUT2D eigenvalue weighted by Gasteiger charge is 2.20. The number of piperazine rings is 1. The second kappa shape index (κ2) is 7.93. The average molecular weight is 393 g/mol. The largest absolute Gasteiger partial charge is 0.368 e. The van der Waals surface area contributed by atoms with Crippen LogP contribution in [0.2, 0.25) is 10.0 Å². The number of nitrogens with zero attached hydrogens (tertiary/aromatic N) is 3. The lowest BCUT2D eigenvalue weighted by molar-refractivity contribution is -0.129. The second-order valence-corrected chi connectivity index (χ2v) is 6.79. The van der Waals surface area contributed by atoms with Crippen LogP contribution >= 0.6 is 23.2 Å². The predicted molar refractivity (Wildman–Crippen MR) is 103 cm³/mol. The number of hydrogen-bond donors (Lipinski definition) is 1. The summed E-state index contributed by atoms with van der Waals surface area (Å²) in [5.74, 6) is -0.242. The van der Waals surface area contributed by atoms with Crippen LogP contribution in [0.15, 0.2) is 36.5 Å². The van der Waals surface area contributed by atoms with E-state index in [1.54, 1.807) is 37.4 Å². The Hall–Kier alpha value is -2.31. The molecule has 0 atom stereocenters. The topological polar surface area (TPSA) is 65.5 Å². The summed E-state index contributed by atoms with van der Waals surface area (Å²) < 4.78 is 0. The van der Waals surface area contributed by atoms with Crippen LogP contribution in [0.3, 0.4) is 0 Å². The van der Waals surface area contributed by atoms with Crippen LogP contribution in [0, 0.1) is 0 Å². The van der Waals surface area contributed by atoms with E-state index < -0.39 is 0 Å². The zero-order valence-electron chi connectivity index (χ0n) is 14.2.